The molecule has 2 saturated carbocycles. The molecule has 0 radical (unpaired) electrons. The number of fused-ring (bicyclic) bond motifs is 3. The Kier molecular flexibility index (Phi) is 4.04. The first kappa shape index (κ1) is 17.2. The molecule has 3 nitrogen and oxygen atoms in total. The van der Waals surface area contributed by atoms with E-state index < -0.39 is 6.10 Å². The van der Waals surface area contributed by atoms with Crippen LogP contribution in [0.1, 0.15) is 66.2 Å². The Morgan fingerprint density at radius 3 is 2.61 bits per heavy atom. The van der Waals surface area contributed by atoms with Crippen LogP contribution in [0.3, 0.4) is 0 Å². The highest BCUT2D eigenvalue weighted by Crippen LogP contribution is 2.62. The lowest BCUT2D eigenvalue weighted by Crippen LogP contribution is -2.53. The van der Waals surface area contributed by atoms with Crippen LogP contribution >= 0.6 is 0 Å². The fourth-order valence-electron chi connectivity index (χ4n) is 5.97. The highest BCUT2D eigenvalue weighted by Gasteiger charge is 2.56. The van der Waals surface area contributed by atoms with Crippen LogP contribution in [0, 0.1) is 28.1 Å². The first-order chi connectivity index (χ1) is 10.6. The van der Waals surface area contributed by atoms with Crippen molar-refractivity contribution in [3.05, 3.63) is 11.6 Å². The highest BCUT2D eigenvalue weighted by atomic mass is 16.3. The van der Waals surface area contributed by atoms with E-state index in [9.17, 15) is 15.0 Å². The third-order valence-electron chi connectivity index (χ3n) is 7.61. The molecule has 2 fully saturated rings. The van der Waals surface area contributed by atoms with Crippen molar-refractivity contribution >= 4 is 5.78 Å². The van der Waals surface area contributed by atoms with E-state index in [1.165, 1.54) is 5.57 Å². The van der Waals surface area contributed by atoms with Crippen LogP contribution in [0.5, 0.6) is 0 Å². The molecule has 0 heterocycles. The fourth-order valence-corrected chi connectivity index (χ4v) is 5.97. The predicted molar refractivity (Wildman–Crippen MR) is 90.9 cm³/mol. The molecule has 0 spiro atoms. The molecule has 0 unspecified atom stereocenters. The van der Waals surface area contributed by atoms with Crippen LogP contribution < -0.4 is 0 Å². The topological polar surface area (TPSA) is 57.5 Å². The van der Waals surface area contributed by atoms with Gasteiger partial charge in [0.15, 0.2) is 0 Å². The monoisotopic (exact) mass is 320 g/mol. The summed E-state index contributed by atoms with van der Waals surface area (Å²) in [6.45, 7) is 8.59. The molecular formula is C20H32O3. The van der Waals surface area contributed by atoms with Crippen LogP contribution in [0.25, 0.3) is 0 Å². The molecular weight excluding hydrogens is 288 g/mol. The maximum atomic E-state index is 12.4. The van der Waals surface area contributed by atoms with E-state index in [4.69, 9.17) is 0 Å². The molecule has 0 aromatic heterocycles. The van der Waals surface area contributed by atoms with E-state index in [2.05, 4.69) is 33.8 Å². The molecule has 3 heteroatoms. The Morgan fingerprint density at radius 1 is 1.26 bits per heavy atom. The molecule has 0 bridgehead atoms. The van der Waals surface area contributed by atoms with Crippen LogP contribution in [0.4, 0.5) is 0 Å². The van der Waals surface area contributed by atoms with Crippen molar-refractivity contribution in [2.24, 2.45) is 28.1 Å². The molecule has 0 amide bonds. The number of hydrogen-bond donors (Lipinski definition) is 2. The van der Waals surface area contributed by atoms with Crippen molar-refractivity contribution < 1.29 is 15.0 Å². The van der Waals surface area contributed by atoms with Crippen LogP contribution in [0.2, 0.25) is 0 Å². The van der Waals surface area contributed by atoms with E-state index >= 15 is 0 Å². The van der Waals surface area contributed by atoms with Gasteiger partial charge in [0.2, 0.25) is 0 Å². The van der Waals surface area contributed by atoms with Crippen LogP contribution in [-0.2, 0) is 4.79 Å². The molecule has 3 aliphatic rings. The summed E-state index contributed by atoms with van der Waals surface area (Å²) in [6.07, 6.45) is 7.37. The minimum atomic E-state index is -0.643. The van der Waals surface area contributed by atoms with Crippen molar-refractivity contribution in [3.8, 4) is 0 Å². The molecule has 3 rings (SSSR count). The van der Waals surface area contributed by atoms with Crippen molar-refractivity contribution in [2.75, 3.05) is 6.61 Å². The zero-order chi connectivity index (χ0) is 17.0. The Hall–Kier alpha value is -0.670. The molecule has 130 valence electrons. The second-order valence-electron chi connectivity index (χ2n) is 9.31. The lowest BCUT2D eigenvalue weighted by Gasteiger charge is -2.58. The lowest BCUT2D eigenvalue weighted by atomic mass is 9.46. The minimum absolute atomic E-state index is 0.131. The number of aliphatic hydroxyl groups excluding tert-OH is 2. The molecule has 0 saturated heterocycles. The third-order valence-corrected chi connectivity index (χ3v) is 7.61. The Bertz CT molecular complexity index is 535. The normalized spacial score (nSPS) is 44.1. The Labute approximate surface area is 140 Å². The molecule has 2 N–H and O–H groups in total. The quantitative estimate of drug-likeness (QED) is 0.766. The average Bonchev–Trinajstić information content (AvgIpc) is 2.50. The second-order valence-corrected chi connectivity index (χ2v) is 9.31. The number of hydrogen-bond acceptors (Lipinski definition) is 3. The molecule has 0 aromatic carbocycles. The molecule has 0 aliphatic heterocycles. The van der Waals surface area contributed by atoms with Crippen molar-refractivity contribution in [3.63, 3.8) is 0 Å². The van der Waals surface area contributed by atoms with Gasteiger partial charge >= 0.3 is 0 Å². The van der Waals surface area contributed by atoms with Crippen LogP contribution in [-0.4, -0.2) is 28.7 Å². The average molecular weight is 320 g/mol. The van der Waals surface area contributed by atoms with Gasteiger partial charge in [0.25, 0.3) is 0 Å². The van der Waals surface area contributed by atoms with Gasteiger partial charge in [-0.05, 0) is 54.8 Å². The molecule has 3 aliphatic carbocycles. The molecule has 5 atom stereocenters. The van der Waals surface area contributed by atoms with Crippen molar-refractivity contribution in [2.45, 2.75) is 72.3 Å². The number of carbonyl (C=O) groups is 1. The van der Waals surface area contributed by atoms with E-state index in [1.54, 1.807) is 0 Å². The van der Waals surface area contributed by atoms with E-state index in [0.29, 0.717) is 24.0 Å². The van der Waals surface area contributed by atoms with Gasteiger partial charge in [-0.25, -0.2) is 0 Å². The van der Waals surface area contributed by atoms with Gasteiger partial charge in [0.05, 0.1) is 12.7 Å². The van der Waals surface area contributed by atoms with E-state index in [1.807, 2.05) is 0 Å². The minimum Gasteiger partial charge on any atom is -0.394 e. The maximum absolute atomic E-state index is 12.4. The van der Waals surface area contributed by atoms with Crippen LogP contribution in [0.15, 0.2) is 11.6 Å². The number of allylic oxidation sites excluding steroid dienone is 2. The van der Waals surface area contributed by atoms with Gasteiger partial charge in [-0.2, -0.15) is 0 Å². The maximum Gasteiger partial charge on any atom is 0.138 e. The summed E-state index contributed by atoms with van der Waals surface area (Å²) in [5.41, 5.74) is 1.24. The van der Waals surface area contributed by atoms with Crippen molar-refractivity contribution in [1.82, 2.24) is 0 Å². The summed E-state index contributed by atoms with van der Waals surface area (Å²) < 4.78 is 0. The van der Waals surface area contributed by atoms with Gasteiger partial charge in [0, 0.05) is 11.8 Å². The summed E-state index contributed by atoms with van der Waals surface area (Å²) in [5.74, 6) is 1.36. The number of rotatable bonds is 2. The summed E-state index contributed by atoms with van der Waals surface area (Å²) in [6, 6.07) is 0. The van der Waals surface area contributed by atoms with E-state index in [-0.39, 0.29) is 22.9 Å². The summed E-state index contributed by atoms with van der Waals surface area (Å²) in [5, 5.41) is 19.6. The first-order valence-corrected chi connectivity index (χ1v) is 9.18. The predicted octanol–water partition coefficient (Wildman–Crippen LogP) is 3.49. The van der Waals surface area contributed by atoms with Gasteiger partial charge < -0.3 is 10.2 Å². The zero-order valence-electron chi connectivity index (χ0n) is 15.1. The highest BCUT2D eigenvalue weighted by molar-refractivity contribution is 5.85. The standard InChI is InChI=1S/C20H32O3/c1-18(2)15-6-5-13-11-19(3,17(23)12-21)9-7-14(13)20(15,4)10-8-16(18)22/h7,13,15,17,21,23H,5-6,8-12H2,1-4H3/t13-,15-,17+,19-,20+/m0/s1. The first-order valence-electron chi connectivity index (χ1n) is 9.18. The van der Waals surface area contributed by atoms with Gasteiger partial charge in [-0.3, -0.25) is 4.79 Å². The largest absolute Gasteiger partial charge is 0.394 e. The Balaban J connectivity index is 1.94. The molecule has 23 heavy (non-hydrogen) atoms. The summed E-state index contributed by atoms with van der Waals surface area (Å²) in [4.78, 5) is 12.4. The SMILES string of the molecule is CC1(C)C(=O)CC[C@]2(C)C3=CC[C@](C)([C@H](O)CO)C[C@@H]3CC[C@@H]12. The fraction of sp³-hybridized carbons (Fsp3) is 0.850. The second kappa shape index (κ2) is 5.42. The van der Waals surface area contributed by atoms with E-state index in [0.717, 1.165) is 32.1 Å². The van der Waals surface area contributed by atoms with Gasteiger partial charge in [-0.15, -0.1) is 0 Å². The Morgan fingerprint density at radius 2 is 1.96 bits per heavy atom. The molecule has 0 aromatic rings. The summed E-state index contributed by atoms with van der Waals surface area (Å²) >= 11 is 0. The third kappa shape index (κ3) is 2.42. The lowest BCUT2D eigenvalue weighted by molar-refractivity contribution is -0.141. The summed E-state index contributed by atoms with van der Waals surface area (Å²) in [7, 11) is 0. The zero-order valence-corrected chi connectivity index (χ0v) is 15.1. The van der Waals surface area contributed by atoms with Gasteiger partial charge in [-0.1, -0.05) is 39.3 Å². The number of aliphatic hydroxyl groups is 2. The number of carbonyl (C=O) groups excluding carboxylic acids is 1. The smallest absolute Gasteiger partial charge is 0.138 e. The van der Waals surface area contributed by atoms with Crippen molar-refractivity contribution in [1.29, 1.82) is 0 Å². The van der Waals surface area contributed by atoms with Gasteiger partial charge in [0.1, 0.15) is 5.78 Å². The number of ketones is 1. The number of Topliss-reactive ketones (excluding diaryl/α,β-unsaturated/α-hetero) is 1.